The quantitative estimate of drug-likeness (QED) is 0.179. The highest BCUT2D eigenvalue weighted by atomic mass is 31.1. The highest BCUT2D eigenvalue weighted by molar-refractivity contribution is 7.32. The first-order valence-corrected chi connectivity index (χ1v) is 7.90. The number of hydrogen-bond donors (Lipinski definition) is 1. The molecule has 0 aromatic rings. The Kier molecular flexibility index (Phi) is 14.1. The summed E-state index contributed by atoms with van der Waals surface area (Å²) >= 11 is 0. The molecule has 18 heavy (non-hydrogen) atoms. The molecular formula is C11H24N3O3P. The van der Waals surface area contributed by atoms with Crippen LogP contribution in [0.3, 0.4) is 0 Å². The van der Waals surface area contributed by atoms with Crippen LogP contribution in [0, 0.1) is 0 Å². The van der Waals surface area contributed by atoms with Gasteiger partial charge in [-0.15, -0.1) is 0 Å². The minimum absolute atomic E-state index is 0.397. The Morgan fingerprint density at radius 1 is 1.00 bits per heavy atom. The van der Waals surface area contributed by atoms with Gasteiger partial charge in [0.05, 0.1) is 6.61 Å². The Bertz CT molecular complexity index is 246. The second kappa shape index (κ2) is 14.5. The molecule has 0 saturated heterocycles. The van der Waals surface area contributed by atoms with E-state index in [0.717, 1.165) is 32.1 Å². The Morgan fingerprint density at radius 3 is 2.00 bits per heavy atom. The summed E-state index contributed by atoms with van der Waals surface area (Å²) in [6, 6.07) is 0. The molecule has 0 aliphatic rings. The van der Waals surface area contributed by atoms with Gasteiger partial charge in [0, 0.05) is 11.5 Å². The van der Waals surface area contributed by atoms with Crippen LogP contribution in [0.25, 0.3) is 10.4 Å². The summed E-state index contributed by atoms with van der Waals surface area (Å²) in [4.78, 5) is 11.1. The average Bonchev–Trinajstić information content (AvgIpc) is 2.34. The molecule has 0 fully saturated rings. The van der Waals surface area contributed by atoms with Crippen LogP contribution in [0.2, 0.25) is 0 Å². The normalized spacial score (nSPS) is 12.1. The third-order valence-electron chi connectivity index (χ3n) is 2.69. The van der Waals surface area contributed by atoms with Crippen LogP contribution in [0.4, 0.5) is 0 Å². The Labute approximate surface area is 109 Å². The first-order chi connectivity index (χ1) is 8.77. The largest absolute Gasteiger partial charge is 0.326 e. The second-order valence-corrected chi connectivity index (χ2v) is 5.07. The number of nitrogens with zero attached hydrogens (tertiary/aromatic N) is 3. The van der Waals surface area contributed by atoms with E-state index in [1.807, 2.05) is 0 Å². The lowest BCUT2D eigenvalue weighted by Crippen LogP contribution is -1.87. The van der Waals surface area contributed by atoms with Crippen molar-refractivity contribution in [3.05, 3.63) is 10.4 Å². The van der Waals surface area contributed by atoms with Crippen LogP contribution in [0.1, 0.15) is 57.8 Å². The number of unbranched alkanes of at least 4 members (excludes halogenated alkanes) is 8. The van der Waals surface area contributed by atoms with Gasteiger partial charge in [-0.25, -0.2) is 0 Å². The maximum atomic E-state index is 10.2. The molecule has 6 nitrogen and oxygen atoms in total. The first-order valence-electron chi connectivity index (χ1n) is 6.64. The fourth-order valence-electron chi connectivity index (χ4n) is 1.73. The highest BCUT2D eigenvalue weighted by Gasteiger charge is 1.94. The molecule has 0 amide bonds. The SMILES string of the molecule is [N-]=[N+]=NCCCCCCCCCCCO[PH](=O)O. The molecule has 106 valence electrons. The van der Waals surface area contributed by atoms with E-state index in [1.165, 1.54) is 25.7 Å². The fourth-order valence-corrected chi connectivity index (χ4v) is 2.05. The molecule has 0 saturated carbocycles. The van der Waals surface area contributed by atoms with Crippen LogP contribution in [0.5, 0.6) is 0 Å². The molecule has 0 aliphatic carbocycles. The number of rotatable bonds is 13. The van der Waals surface area contributed by atoms with E-state index >= 15 is 0 Å². The lowest BCUT2D eigenvalue weighted by Gasteiger charge is -2.02. The summed E-state index contributed by atoms with van der Waals surface area (Å²) in [6.45, 7) is 1.01. The van der Waals surface area contributed by atoms with Gasteiger partial charge >= 0.3 is 8.25 Å². The maximum Gasteiger partial charge on any atom is 0.316 e. The Balaban J connectivity index is 2.98. The van der Waals surface area contributed by atoms with Crippen molar-refractivity contribution in [1.29, 1.82) is 0 Å². The van der Waals surface area contributed by atoms with E-state index in [1.54, 1.807) is 0 Å². The second-order valence-electron chi connectivity index (χ2n) is 4.25. The molecule has 0 aliphatic heterocycles. The maximum absolute atomic E-state index is 10.2. The van der Waals surface area contributed by atoms with Gasteiger partial charge in [-0.2, -0.15) is 0 Å². The minimum Gasteiger partial charge on any atom is -0.326 e. The zero-order valence-electron chi connectivity index (χ0n) is 10.9. The third-order valence-corrected chi connectivity index (χ3v) is 3.14. The first kappa shape index (κ1) is 17.5. The minimum atomic E-state index is -2.73. The summed E-state index contributed by atoms with van der Waals surface area (Å²) in [5.41, 5.74) is 8.08. The summed E-state index contributed by atoms with van der Waals surface area (Å²) in [5.74, 6) is 0. The Morgan fingerprint density at radius 2 is 1.50 bits per heavy atom. The predicted octanol–water partition coefficient (Wildman–Crippen LogP) is 4.21. The summed E-state index contributed by atoms with van der Waals surface area (Å²) in [5, 5.41) is 3.49. The van der Waals surface area contributed by atoms with E-state index in [9.17, 15) is 4.57 Å². The van der Waals surface area contributed by atoms with E-state index in [-0.39, 0.29) is 0 Å². The van der Waals surface area contributed by atoms with Crippen molar-refractivity contribution in [1.82, 2.24) is 0 Å². The van der Waals surface area contributed by atoms with Crippen LogP contribution >= 0.6 is 8.25 Å². The number of azide groups is 1. The van der Waals surface area contributed by atoms with E-state index in [4.69, 9.17) is 10.4 Å². The van der Waals surface area contributed by atoms with Crippen molar-refractivity contribution in [3.8, 4) is 0 Å². The van der Waals surface area contributed by atoms with E-state index in [0.29, 0.717) is 13.2 Å². The van der Waals surface area contributed by atoms with Gasteiger partial charge in [0.25, 0.3) is 0 Å². The standard InChI is InChI=1S/C11H24N3O3P/c12-14-13-10-8-6-4-2-1-3-5-7-9-11-17-18(15)16/h18H,1-11H2,(H,15,16). The number of hydrogen-bond acceptors (Lipinski definition) is 3. The van der Waals surface area contributed by atoms with Gasteiger partial charge in [0.2, 0.25) is 0 Å². The molecule has 0 bridgehead atoms. The zero-order valence-corrected chi connectivity index (χ0v) is 11.9. The van der Waals surface area contributed by atoms with Crippen LogP contribution in [-0.2, 0) is 9.09 Å². The lowest BCUT2D eigenvalue weighted by atomic mass is 10.1. The van der Waals surface area contributed by atoms with Crippen LogP contribution < -0.4 is 0 Å². The fraction of sp³-hybridized carbons (Fsp3) is 1.00. The molecule has 1 atom stereocenters. The van der Waals surface area contributed by atoms with Crippen molar-refractivity contribution in [3.63, 3.8) is 0 Å². The van der Waals surface area contributed by atoms with Crippen molar-refractivity contribution in [2.45, 2.75) is 57.8 Å². The van der Waals surface area contributed by atoms with Gasteiger partial charge in [-0.1, -0.05) is 50.1 Å². The Hall–Kier alpha value is -0.540. The summed E-state index contributed by atoms with van der Waals surface area (Å²) in [7, 11) is -2.73. The lowest BCUT2D eigenvalue weighted by molar-refractivity contribution is 0.273. The highest BCUT2D eigenvalue weighted by Crippen LogP contribution is 2.16. The van der Waals surface area contributed by atoms with Crippen molar-refractivity contribution >= 4 is 8.25 Å². The van der Waals surface area contributed by atoms with Crippen molar-refractivity contribution in [2.75, 3.05) is 13.2 Å². The summed E-state index contributed by atoms with van der Waals surface area (Å²) < 4.78 is 14.8. The van der Waals surface area contributed by atoms with Gasteiger partial charge in [-0.05, 0) is 18.4 Å². The molecule has 1 unspecified atom stereocenters. The van der Waals surface area contributed by atoms with Gasteiger partial charge < -0.3 is 9.42 Å². The molecule has 0 aromatic heterocycles. The molecule has 0 heterocycles. The smallest absolute Gasteiger partial charge is 0.316 e. The van der Waals surface area contributed by atoms with Crippen LogP contribution in [-0.4, -0.2) is 18.0 Å². The van der Waals surface area contributed by atoms with E-state index in [2.05, 4.69) is 14.5 Å². The molecule has 0 rings (SSSR count). The van der Waals surface area contributed by atoms with Crippen molar-refractivity contribution < 1.29 is 14.0 Å². The monoisotopic (exact) mass is 277 g/mol. The molecule has 0 spiro atoms. The van der Waals surface area contributed by atoms with Gasteiger partial charge in [0.15, 0.2) is 0 Å². The van der Waals surface area contributed by atoms with Crippen LogP contribution in [0.15, 0.2) is 5.11 Å². The van der Waals surface area contributed by atoms with Crippen molar-refractivity contribution in [2.24, 2.45) is 5.11 Å². The zero-order chi connectivity index (χ0) is 13.5. The van der Waals surface area contributed by atoms with E-state index < -0.39 is 8.25 Å². The predicted molar refractivity (Wildman–Crippen MR) is 72.7 cm³/mol. The molecule has 0 radical (unpaired) electrons. The molecule has 7 heteroatoms. The third kappa shape index (κ3) is 15.5. The average molecular weight is 277 g/mol. The van der Waals surface area contributed by atoms with Gasteiger partial charge in [0.1, 0.15) is 0 Å². The molecule has 0 aromatic carbocycles. The molecular weight excluding hydrogens is 253 g/mol. The molecule has 1 N–H and O–H groups in total. The topological polar surface area (TPSA) is 95.3 Å². The van der Waals surface area contributed by atoms with Gasteiger partial charge in [-0.3, -0.25) is 4.57 Å². The summed E-state index contributed by atoms with van der Waals surface area (Å²) in [6.07, 6.45) is 10.1.